The molecule has 0 radical (unpaired) electrons. The van der Waals surface area contributed by atoms with Gasteiger partial charge in [-0.3, -0.25) is 0 Å². The molecule has 3 heteroatoms. The van der Waals surface area contributed by atoms with Gasteiger partial charge in [0.1, 0.15) is 5.82 Å². The van der Waals surface area contributed by atoms with E-state index in [1.165, 1.54) is 5.56 Å². The van der Waals surface area contributed by atoms with Crippen molar-refractivity contribution >= 4 is 0 Å². The molecule has 0 unspecified atom stereocenters. The quantitative estimate of drug-likeness (QED) is 0.847. The van der Waals surface area contributed by atoms with Crippen LogP contribution in [0, 0.1) is 12.8 Å². The molecule has 0 saturated heterocycles. The standard InChI is InChI=1S/C18H25N3/c1-14(2)12-19-13-17-11-15(3)20-18(21-17)10-9-16-7-5-4-6-8-16/h4-8,11,14,19H,9-10,12-13H2,1-3H3. The van der Waals surface area contributed by atoms with Gasteiger partial charge in [0.25, 0.3) is 0 Å². The van der Waals surface area contributed by atoms with Gasteiger partial charge in [-0.25, -0.2) is 9.97 Å². The Morgan fingerprint density at radius 1 is 1.05 bits per heavy atom. The van der Waals surface area contributed by atoms with Gasteiger partial charge in [0, 0.05) is 18.7 Å². The third-order valence-corrected chi connectivity index (χ3v) is 3.29. The maximum absolute atomic E-state index is 4.67. The van der Waals surface area contributed by atoms with Crippen molar-refractivity contribution in [3.8, 4) is 0 Å². The number of nitrogens with zero attached hydrogens (tertiary/aromatic N) is 2. The highest BCUT2D eigenvalue weighted by molar-refractivity contribution is 5.16. The van der Waals surface area contributed by atoms with Crippen LogP contribution >= 0.6 is 0 Å². The smallest absolute Gasteiger partial charge is 0.129 e. The zero-order valence-electron chi connectivity index (χ0n) is 13.3. The Morgan fingerprint density at radius 3 is 2.52 bits per heavy atom. The zero-order valence-corrected chi connectivity index (χ0v) is 13.3. The average Bonchev–Trinajstić information content (AvgIpc) is 2.45. The monoisotopic (exact) mass is 283 g/mol. The van der Waals surface area contributed by atoms with E-state index in [0.29, 0.717) is 5.92 Å². The summed E-state index contributed by atoms with van der Waals surface area (Å²) in [6.45, 7) is 8.30. The van der Waals surface area contributed by atoms with Crippen molar-refractivity contribution in [1.29, 1.82) is 0 Å². The molecular formula is C18H25N3. The van der Waals surface area contributed by atoms with E-state index in [4.69, 9.17) is 0 Å². The largest absolute Gasteiger partial charge is 0.311 e. The van der Waals surface area contributed by atoms with Gasteiger partial charge >= 0.3 is 0 Å². The molecule has 1 N–H and O–H groups in total. The van der Waals surface area contributed by atoms with Crippen molar-refractivity contribution < 1.29 is 0 Å². The normalized spacial score (nSPS) is 11.0. The number of hydrogen-bond acceptors (Lipinski definition) is 3. The third kappa shape index (κ3) is 5.64. The molecule has 112 valence electrons. The van der Waals surface area contributed by atoms with Crippen molar-refractivity contribution in [2.45, 2.75) is 40.2 Å². The highest BCUT2D eigenvalue weighted by Crippen LogP contribution is 2.06. The van der Waals surface area contributed by atoms with Crippen LogP contribution < -0.4 is 5.32 Å². The summed E-state index contributed by atoms with van der Waals surface area (Å²) in [6, 6.07) is 12.6. The highest BCUT2D eigenvalue weighted by atomic mass is 14.9. The van der Waals surface area contributed by atoms with Gasteiger partial charge in [0.05, 0.1) is 5.69 Å². The van der Waals surface area contributed by atoms with Crippen LogP contribution in [0.25, 0.3) is 0 Å². The Labute approximate surface area is 127 Å². The molecule has 1 aromatic heterocycles. The maximum atomic E-state index is 4.67. The van der Waals surface area contributed by atoms with E-state index in [2.05, 4.69) is 59.5 Å². The van der Waals surface area contributed by atoms with Crippen LogP contribution in [0.2, 0.25) is 0 Å². The lowest BCUT2D eigenvalue weighted by Gasteiger charge is -2.09. The summed E-state index contributed by atoms with van der Waals surface area (Å²) in [5.74, 6) is 1.60. The van der Waals surface area contributed by atoms with E-state index in [0.717, 1.165) is 43.1 Å². The van der Waals surface area contributed by atoms with Gasteiger partial charge in [-0.1, -0.05) is 44.2 Å². The molecule has 1 heterocycles. The molecule has 2 aromatic rings. The highest BCUT2D eigenvalue weighted by Gasteiger charge is 2.04. The van der Waals surface area contributed by atoms with Crippen molar-refractivity contribution in [3.05, 3.63) is 59.2 Å². The van der Waals surface area contributed by atoms with Gasteiger partial charge in [-0.05, 0) is 37.4 Å². The molecule has 0 amide bonds. The molecule has 0 fully saturated rings. The molecule has 21 heavy (non-hydrogen) atoms. The van der Waals surface area contributed by atoms with Gasteiger partial charge in [-0.15, -0.1) is 0 Å². The van der Waals surface area contributed by atoms with Gasteiger partial charge in [0.15, 0.2) is 0 Å². The number of benzene rings is 1. The fourth-order valence-electron chi connectivity index (χ4n) is 2.29. The second kappa shape index (κ2) is 7.89. The molecule has 1 aromatic carbocycles. The Kier molecular flexibility index (Phi) is 5.88. The number of rotatable bonds is 7. The summed E-state index contributed by atoms with van der Waals surface area (Å²) in [6.07, 6.45) is 1.88. The first kappa shape index (κ1) is 15.6. The summed E-state index contributed by atoms with van der Waals surface area (Å²) in [5.41, 5.74) is 3.47. The lowest BCUT2D eigenvalue weighted by molar-refractivity contribution is 0.546. The number of aromatic nitrogens is 2. The second-order valence-electron chi connectivity index (χ2n) is 5.93. The van der Waals surface area contributed by atoms with Crippen LogP contribution in [0.3, 0.4) is 0 Å². The predicted molar refractivity (Wildman–Crippen MR) is 87.2 cm³/mol. The van der Waals surface area contributed by atoms with Gasteiger partial charge in [0.2, 0.25) is 0 Å². The van der Waals surface area contributed by atoms with Crippen LogP contribution in [-0.4, -0.2) is 16.5 Å². The Hall–Kier alpha value is -1.74. The zero-order chi connectivity index (χ0) is 15.1. The Bertz CT molecular complexity index is 550. The summed E-state index contributed by atoms with van der Waals surface area (Å²) >= 11 is 0. The lowest BCUT2D eigenvalue weighted by Crippen LogP contribution is -2.20. The molecule has 0 spiro atoms. The molecule has 0 aliphatic heterocycles. The van der Waals surface area contributed by atoms with Crippen LogP contribution in [0.4, 0.5) is 0 Å². The van der Waals surface area contributed by atoms with Gasteiger partial charge in [-0.2, -0.15) is 0 Å². The number of nitrogens with one attached hydrogen (secondary N) is 1. The van der Waals surface area contributed by atoms with E-state index in [1.807, 2.05) is 13.0 Å². The summed E-state index contributed by atoms with van der Waals surface area (Å²) in [7, 11) is 0. The van der Waals surface area contributed by atoms with E-state index in [9.17, 15) is 0 Å². The predicted octanol–water partition coefficient (Wildman–Crippen LogP) is 3.32. The first-order valence-corrected chi connectivity index (χ1v) is 7.71. The molecular weight excluding hydrogens is 258 g/mol. The van der Waals surface area contributed by atoms with E-state index in [1.54, 1.807) is 0 Å². The SMILES string of the molecule is Cc1cc(CNCC(C)C)nc(CCc2ccccc2)n1. The second-order valence-corrected chi connectivity index (χ2v) is 5.93. The first-order valence-electron chi connectivity index (χ1n) is 7.71. The molecule has 0 atom stereocenters. The average molecular weight is 283 g/mol. The maximum Gasteiger partial charge on any atom is 0.129 e. The van der Waals surface area contributed by atoms with E-state index in [-0.39, 0.29) is 0 Å². The fourth-order valence-corrected chi connectivity index (χ4v) is 2.29. The molecule has 3 nitrogen and oxygen atoms in total. The van der Waals surface area contributed by atoms with Crippen LogP contribution in [0.5, 0.6) is 0 Å². The van der Waals surface area contributed by atoms with Crippen LogP contribution in [0.15, 0.2) is 36.4 Å². The molecule has 0 aliphatic carbocycles. The summed E-state index contributed by atoms with van der Waals surface area (Å²) < 4.78 is 0. The summed E-state index contributed by atoms with van der Waals surface area (Å²) in [4.78, 5) is 9.23. The van der Waals surface area contributed by atoms with Crippen molar-refractivity contribution in [1.82, 2.24) is 15.3 Å². The first-order chi connectivity index (χ1) is 10.1. The third-order valence-electron chi connectivity index (χ3n) is 3.29. The minimum atomic E-state index is 0.658. The topological polar surface area (TPSA) is 37.8 Å². The molecule has 0 bridgehead atoms. The van der Waals surface area contributed by atoms with Crippen molar-refractivity contribution in [2.75, 3.05) is 6.54 Å². The van der Waals surface area contributed by atoms with Crippen LogP contribution in [-0.2, 0) is 19.4 Å². The minimum Gasteiger partial charge on any atom is -0.311 e. The van der Waals surface area contributed by atoms with E-state index < -0.39 is 0 Å². The lowest BCUT2D eigenvalue weighted by atomic mass is 10.1. The Morgan fingerprint density at radius 2 is 1.81 bits per heavy atom. The van der Waals surface area contributed by atoms with Crippen molar-refractivity contribution in [2.24, 2.45) is 5.92 Å². The molecule has 0 saturated carbocycles. The Balaban J connectivity index is 1.94. The number of hydrogen-bond donors (Lipinski definition) is 1. The van der Waals surface area contributed by atoms with Crippen LogP contribution in [0.1, 0.15) is 36.6 Å². The molecule has 0 aliphatic rings. The van der Waals surface area contributed by atoms with E-state index >= 15 is 0 Å². The molecule has 2 rings (SSSR count). The summed E-state index contributed by atoms with van der Waals surface area (Å²) in [5, 5.41) is 3.44. The number of aryl methyl sites for hydroxylation is 3. The minimum absolute atomic E-state index is 0.658. The fraction of sp³-hybridized carbons (Fsp3) is 0.444. The van der Waals surface area contributed by atoms with Crippen molar-refractivity contribution in [3.63, 3.8) is 0 Å². The van der Waals surface area contributed by atoms with Gasteiger partial charge < -0.3 is 5.32 Å².